The fourth-order valence-electron chi connectivity index (χ4n) is 3.88. The van der Waals surface area contributed by atoms with Crippen molar-refractivity contribution < 1.29 is 28.2 Å². The van der Waals surface area contributed by atoms with Crippen molar-refractivity contribution in [1.29, 1.82) is 0 Å². The van der Waals surface area contributed by atoms with E-state index in [1.165, 1.54) is 5.56 Å². The van der Waals surface area contributed by atoms with Crippen molar-refractivity contribution >= 4 is 17.0 Å². The molecule has 33 heavy (non-hydrogen) atoms. The number of aliphatic hydroxyl groups is 1. The van der Waals surface area contributed by atoms with Crippen LogP contribution in [0.3, 0.4) is 0 Å². The molecular formula is C23H27F3N4O3. The maximum atomic E-state index is 10.6. The zero-order valence-electron chi connectivity index (χ0n) is 18.1. The van der Waals surface area contributed by atoms with Crippen molar-refractivity contribution in [2.45, 2.75) is 37.6 Å². The van der Waals surface area contributed by atoms with Crippen LogP contribution in [-0.2, 0) is 4.79 Å². The molecule has 1 fully saturated rings. The Bertz CT molecular complexity index is 1080. The Labute approximate surface area is 189 Å². The van der Waals surface area contributed by atoms with E-state index in [0.29, 0.717) is 19.0 Å². The van der Waals surface area contributed by atoms with E-state index in [1.54, 1.807) is 0 Å². The first-order valence-corrected chi connectivity index (χ1v) is 10.5. The highest BCUT2D eigenvalue weighted by molar-refractivity contribution is 5.77. The molecule has 0 saturated heterocycles. The highest BCUT2D eigenvalue weighted by Crippen LogP contribution is 2.36. The van der Waals surface area contributed by atoms with Crippen molar-refractivity contribution in [3.05, 3.63) is 60.4 Å². The molecule has 0 bridgehead atoms. The number of imidazole rings is 1. The number of aliphatic carboxylic acids is 1. The van der Waals surface area contributed by atoms with Crippen LogP contribution in [0.1, 0.15) is 31.4 Å². The molecule has 1 aliphatic rings. The van der Waals surface area contributed by atoms with Gasteiger partial charge in [-0.2, -0.15) is 13.2 Å². The molecule has 4 rings (SSSR count). The lowest BCUT2D eigenvalue weighted by Gasteiger charge is -2.44. The second-order valence-electron chi connectivity index (χ2n) is 8.33. The van der Waals surface area contributed by atoms with Crippen LogP contribution in [-0.4, -0.2) is 50.6 Å². The lowest BCUT2D eigenvalue weighted by Crippen LogP contribution is -2.53. The Morgan fingerprint density at radius 1 is 1.24 bits per heavy atom. The minimum absolute atomic E-state index is 0.185. The first kappa shape index (κ1) is 24.7. The summed E-state index contributed by atoms with van der Waals surface area (Å²) in [6.45, 7) is 3.41. The molecule has 1 atom stereocenters. The van der Waals surface area contributed by atoms with Gasteiger partial charge in [0.1, 0.15) is 6.33 Å². The molecule has 1 heterocycles. The van der Waals surface area contributed by atoms with E-state index < -0.39 is 17.7 Å². The van der Waals surface area contributed by atoms with Crippen molar-refractivity contribution in [2.24, 2.45) is 11.7 Å². The molecule has 0 aliphatic heterocycles. The van der Waals surface area contributed by atoms with Crippen LogP contribution < -0.4 is 11.1 Å². The molecule has 1 aliphatic carbocycles. The van der Waals surface area contributed by atoms with Crippen LogP contribution >= 0.6 is 0 Å². The Morgan fingerprint density at radius 2 is 1.85 bits per heavy atom. The van der Waals surface area contributed by atoms with Gasteiger partial charge >= 0.3 is 12.1 Å². The number of nitrogens with two attached hydrogens (primary N) is 1. The van der Waals surface area contributed by atoms with Gasteiger partial charge in [0.2, 0.25) is 0 Å². The number of nitrogens with one attached hydrogen (secondary N) is 1. The number of hydrogen-bond acceptors (Lipinski definition) is 5. The molecule has 0 amide bonds. The number of hydrogen-bond donors (Lipinski definition) is 4. The third-order valence-electron chi connectivity index (χ3n) is 5.78. The summed E-state index contributed by atoms with van der Waals surface area (Å²) in [5.74, 6) is -2.28. The Balaban J connectivity index is 0.000000383. The summed E-state index contributed by atoms with van der Waals surface area (Å²) in [5.41, 5.74) is 9.47. The Kier molecular flexibility index (Phi) is 7.41. The number of alkyl halides is 3. The van der Waals surface area contributed by atoms with Crippen LogP contribution in [0.2, 0.25) is 0 Å². The SMILES string of the molecule is CC(NCC1(O)CC(CN)C1)c1ccc(-n2cnc3ccccc32)cc1.O=C(O)C(F)(F)F. The summed E-state index contributed by atoms with van der Waals surface area (Å²) in [7, 11) is 0. The van der Waals surface area contributed by atoms with Crippen LogP contribution in [0.15, 0.2) is 54.9 Å². The molecule has 1 aromatic heterocycles. The zero-order chi connectivity index (χ0) is 24.2. The minimum Gasteiger partial charge on any atom is -0.475 e. The quantitative estimate of drug-likeness (QED) is 0.445. The monoisotopic (exact) mass is 464 g/mol. The minimum atomic E-state index is -5.08. The van der Waals surface area contributed by atoms with Gasteiger partial charge in [0.15, 0.2) is 0 Å². The van der Waals surface area contributed by atoms with Crippen LogP contribution in [0.4, 0.5) is 13.2 Å². The van der Waals surface area contributed by atoms with E-state index >= 15 is 0 Å². The Morgan fingerprint density at radius 3 is 2.42 bits per heavy atom. The van der Waals surface area contributed by atoms with Crippen molar-refractivity contribution in [1.82, 2.24) is 14.9 Å². The topological polar surface area (TPSA) is 113 Å². The molecule has 0 radical (unpaired) electrons. The average Bonchev–Trinajstić information content (AvgIpc) is 3.19. The number of benzene rings is 2. The number of carboxylic acids is 1. The molecule has 0 spiro atoms. The normalized spacial score (nSPS) is 21.1. The number of carbonyl (C=O) groups is 1. The van der Waals surface area contributed by atoms with Gasteiger partial charge in [0.05, 0.1) is 16.6 Å². The molecule has 2 aromatic carbocycles. The predicted octanol–water partition coefficient (Wildman–Crippen LogP) is 3.41. The number of para-hydroxylation sites is 2. The maximum Gasteiger partial charge on any atom is 0.490 e. The van der Waals surface area contributed by atoms with Gasteiger partial charge in [-0.15, -0.1) is 0 Å². The molecule has 1 saturated carbocycles. The van der Waals surface area contributed by atoms with E-state index in [9.17, 15) is 18.3 Å². The van der Waals surface area contributed by atoms with Gasteiger partial charge in [-0.25, -0.2) is 9.78 Å². The van der Waals surface area contributed by atoms with Gasteiger partial charge in [0, 0.05) is 18.3 Å². The first-order valence-electron chi connectivity index (χ1n) is 10.5. The summed E-state index contributed by atoms with van der Waals surface area (Å²) in [6, 6.07) is 16.8. The third-order valence-corrected chi connectivity index (χ3v) is 5.78. The zero-order valence-corrected chi connectivity index (χ0v) is 18.1. The van der Waals surface area contributed by atoms with Gasteiger partial charge in [-0.05, 0) is 62.1 Å². The lowest BCUT2D eigenvalue weighted by atomic mass is 9.71. The fourth-order valence-corrected chi connectivity index (χ4v) is 3.88. The predicted molar refractivity (Wildman–Crippen MR) is 118 cm³/mol. The second kappa shape index (κ2) is 9.90. The number of halogens is 3. The van der Waals surface area contributed by atoms with Gasteiger partial charge in [-0.1, -0.05) is 24.3 Å². The van der Waals surface area contributed by atoms with Gasteiger partial charge in [0.25, 0.3) is 0 Å². The summed E-state index contributed by atoms with van der Waals surface area (Å²) in [5, 5.41) is 21.0. The van der Waals surface area contributed by atoms with E-state index in [4.69, 9.17) is 15.6 Å². The van der Waals surface area contributed by atoms with Crippen molar-refractivity contribution in [3.8, 4) is 5.69 Å². The molecule has 5 N–H and O–H groups in total. The van der Waals surface area contributed by atoms with Crippen LogP contribution in [0.25, 0.3) is 16.7 Å². The van der Waals surface area contributed by atoms with E-state index in [0.717, 1.165) is 29.6 Å². The molecule has 178 valence electrons. The van der Waals surface area contributed by atoms with Crippen LogP contribution in [0, 0.1) is 5.92 Å². The van der Waals surface area contributed by atoms with Gasteiger partial charge < -0.3 is 21.3 Å². The number of fused-ring (bicyclic) bond motifs is 1. The molecule has 3 aromatic rings. The molecular weight excluding hydrogens is 437 g/mol. The van der Waals surface area contributed by atoms with E-state index in [1.807, 2.05) is 24.5 Å². The number of nitrogens with zero attached hydrogens (tertiary/aromatic N) is 2. The standard InChI is InChI=1S/C21H26N4O.C2HF3O2/c1-15(23-13-21(26)10-16(11-21)12-22)17-6-8-18(9-7-17)25-14-24-19-4-2-3-5-20(19)25;3-2(4,5)1(6)7/h2-9,14-16,23,26H,10-13,22H2,1H3;(H,6,7). The highest BCUT2D eigenvalue weighted by Gasteiger charge is 2.41. The summed E-state index contributed by atoms with van der Waals surface area (Å²) in [6.07, 6.45) is -1.62. The number of rotatable bonds is 6. The number of carboxylic acid groups (broad SMARTS) is 1. The molecule has 10 heteroatoms. The molecule has 1 unspecified atom stereocenters. The third kappa shape index (κ3) is 6.10. The Hall–Kier alpha value is -2.95. The largest absolute Gasteiger partial charge is 0.490 e. The van der Waals surface area contributed by atoms with Crippen molar-refractivity contribution in [2.75, 3.05) is 13.1 Å². The fraction of sp³-hybridized carbons (Fsp3) is 0.391. The summed E-state index contributed by atoms with van der Waals surface area (Å²) < 4.78 is 33.8. The number of aromatic nitrogens is 2. The smallest absolute Gasteiger partial charge is 0.475 e. The summed E-state index contributed by atoms with van der Waals surface area (Å²) in [4.78, 5) is 13.3. The maximum absolute atomic E-state index is 10.6. The van der Waals surface area contributed by atoms with E-state index in [2.05, 4.69) is 52.1 Å². The van der Waals surface area contributed by atoms with Crippen LogP contribution in [0.5, 0.6) is 0 Å². The summed E-state index contributed by atoms with van der Waals surface area (Å²) >= 11 is 0. The molecule has 7 nitrogen and oxygen atoms in total. The van der Waals surface area contributed by atoms with E-state index in [-0.39, 0.29) is 6.04 Å². The average molecular weight is 464 g/mol. The lowest BCUT2D eigenvalue weighted by molar-refractivity contribution is -0.192. The first-order chi connectivity index (χ1) is 15.5. The van der Waals surface area contributed by atoms with Crippen molar-refractivity contribution in [3.63, 3.8) is 0 Å². The second-order valence-corrected chi connectivity index (χ2v) is 8.33. The van der Waals surface area contributed by atoms with Gasteiger partial charge in [-0.3, -0.25) is 4.57 Å². The highest BCUT2D eigenvalue weighted by atomic mass is 19.4.